The van der Waals surface area contributed by atoms with Crippen molar-refractivity contribution in [3.63, 3.8) is 0 Å². The first kappa shape index (κ1) is 20.3. The number of hydrogen-bond acceptors (Lipinski definition) is 5. The molecule has 6 heteroatoms. The van der Waals surface area contributed by atoms with Crippen molar-refractivity contribution in [3.05, 3.63) is 92.5 Å². The molecule has 0 unspecified atom stereocenters. The van der Waals surface area contributed by atoms with Crippen LogP contribution in [0.5, 0.6) is 0 Å². The lowest BCUT2D eigenvalue weighted by atomic mass is 10.1. The van der Waals surface area contributed by atoms with Crippen LogP contribution in [0.25, 0.3) is 11.3 Å². The fraction of sp³-hybridized carbons (Fsp3) is 0.167. The summed E-state index contributed by atoms with van der Waals surface area (Å²) in [4.78, 5) is 28.9. The lowest BCUT2D eigenvalue weighted by Crippen LogP contribution is -2.31. The molecule has 3 aromatic heterocycles. The predicted molar refractivity (Wildman–Crippen MR) is 121 cm³/mol. The van der Waals surface area contributed by atoms with Crippen molar-refractivity contribution >= 4 is 34.4 Å². The zero-order chi connectivity index (χ0) is 20.9. The van der Waals surface area contributed by atoms with Crippen molar-refractivity contribution in [1.29, 1.82) is 0 Å². The molecule has 0 N–H and O–H groups in total. The molecule has 1 amide bonds. The Labute approximate surface area is 183 Å². The molecule has 0 saturated carbocycles. The van der Waals surface area contributed by atoms with E-state index in [-0.39, 0.29) is 11.7 Å². The van der Waals surface area contributed by atoms with Crippen LogP contribution in [0.2, 0.25) is 0 Å². The van der Waals surface area contributed by atoms with E-state index in [9.17, 15) is 9.59 Å². The SMILES string of the molecule is CC(=O)c1ccc(-c2ccc(C(=O)N(CCc3cccs3)Cc3cccs3)o2)cc1. The monoisotopic (exact) mass is 435 g/mol. The topological polar surface area (TPSA) is 50.5 Å². The van der Waals surface area contributed by atoms with E-state index in [1.165, 1.54) is 11.8 Å². The second-order valence-electron chi connectivity index (χ2n) is 6.93. The first-order valence-electron chi connectivity index (χ1n) is 9.65. The van der Waals surface area contributed by atoms with Crippen LogP contribution in [0.15, 0.2) is 75.8 Å². The van der Waals surface area contributed by atoms with Crippen molar-refractivity contribution < 1.29 is 14.0 Å². The number of hydrogen-bond donors (Lipinski definition) is 0. The molecule has 0 aliphatic heterocycles. The van der Waals surface area contributed by atoms with Gasteiger partial charge in [0.05, 0.1) is 6.54 Å². The molecule has 0 aliphatic rings. The summed E-state index contributed by atoms with van der Waals surface area (Å²) in [5, 5.41) is 4.07. The number of Topliss-reactive ketones (excluding diaryl/α,β-unsaturated/α-hetero) is 1. The highest BCUT2D eigenvalue weighted by atomic mass is 32.1. The maximum absolute atomic E-state index is 13.2. The number of ketones is 1. The molecule has 0 aliphatic carbocycles. The smallest absolute Gasteiger partial charge is 0.289 e. The third kappa shape index (κ3) is 4.78. The Balaban J connectivity index is 1.52. The van der Waals surface area contributed by atoms with E-state index in [0.717, 1.165) is 16.9 Å². The molecule has 4 rings (SSSR count). The van der Waals surface area contributed by atoms with E-state index in [1.54, 1.807) is 46.9 Å². The number of furan rings is 1. The summed E-state index contributed by atoms with van der Waals surface area (Å²) >= 11 is 3.35. The van der Waals surface area contributed by atoms with Gasteiger partial charge in [-0.05, 0) is 48.4 Å². The zero-order valence-electron chi connectivity index (χ0n) is 16.5. The third-order valence-electron chi connectivity index (χ3n) is 4.81. The van der Waals surface area contributed by atoms with Crippen molar-refractivity contribution in [1.82, 2.24) is 4.90 Å². The van der Waals surface area contributed by atoms with Crippen molar-refractivity contribution in [3.8, 4) is 11.3 Å². The van der Waals surface area contributed by atoms with Crippen molar-refractivity contribution in [2.24, 2.45) is 0 Å². The molecular weight excluding hydrogens is 414 g/mol. The molecule has 0 saturated heterocycles. The molecule has 30 heavy (non-hydrogen) atoms. The Bertz CT molecular complexity index is 1110. The molecule has 0 atom stereocenters. The van der Waals surface area contributed by atoms with Gasteiger partial charge in [-0.25, -0.2) is 0 Å². The minimum absolute atomic E-state index is 0.0202. The summed E-state index contributed by atoms with van der Waals surface area (Å²) < 4.78 is 5.90. The Morgan fingerprint density at radius 1 is 0.900 bits per heavy atom. The lowest BCUT2D eigenvalue weighted by Gasteiger charge is -2.20. The fourth-order valence-electron chi connectivity index (χ4n) is 3.18. The summed E-state index contributed by atoms with van der Waals surface area (Å²) in [7, 11) is 0. The summed E-state index contributed by atoms with van der Waals surface area (Å²) in [6.45, 7) is 2.73. The zero-order valence-corrected chi connectivity index (χ0v) is 18.2. The maximum atomic E-state index is 13.2. The highest BCUT2D eigenvalue weighted by Crippen LogP contribution is 2.24. The molecule has 4 aromatic rings. The van der Waals surface area contributed by atoms with Gasteiger partial charge in [0.15, 0.2) is 11.5 Å². The summed E-state index contributed by atoms with van der Waals surface area (Å²) in [6, 6.07) is 18.9. The number of rotatable bonds is 8. The van der Waals surface area contributed by atoms with Crippen molar-refractivity contribution in [2.75, 3.05) is 6.54 Å². The van der Waals surface area contributed by atoms with Gasteiger partial charge < -0.3 is 9.32 Å². The van der Waals surface area contributed by atoms with Gasteiger partial charge >= 0.3 is 0 Å². The molecule has 1 aromatic carbocycles. The number of carbonyl (C=O) groups is 2. The quantitative estimate of drug-likeness (QED) is 0.312. The normalized spacial score (nSPS) is 10.8. The summed E-state index contributed by atoms with van der Waals surface area (Å²) in [6.07, 6.45) is 0.814. The van der Waals surface area contributed by atoms with Gasteiger partial charge in [0.2, 0.25) is 0 Å². The first-order chi connectivity index (χ1) is 14.6. The van der Waals surface area contributed by atoms with Crippen LogP contribution >= 0.6 is 22.7 Å². The van der Waals surface area contributed by atoms with Crippen LogP contribution in [-0.4, -0.2) is 23.1 Å². The highest BCUT2D eigenvalue weighted by molar-refractivity contribution is 7.10. The number of nitrogens with zero attached hydrogens (tertiary/aromatic N) is 1. The van der Waals surface area contributed by atoms with Gasteiger partial charge in [0, 0.05) is 27.4 Å². The Morgan fingerprint density at radius 3 is 2.23 bits per heavy atom. The number of thiophene rings is 2. The van der Waals surface area contributed by atoms with Gasteiger partial charge in [-0.1, -0.05) is 36.4 Å². The molecule has 3 heterocycles. The van der Waals surface area contributed by atoms with Gasteiger partial charge in [-0.15, -0.1) is 22.7 Å². The lowest BCUT2D eigenvalue weighted by molar-refractivity contribution is 0.0715. The van der Waals surface area contributed by atoms with Crippen LogP contribution in [-0.2, 0) is 13.0 Å². The highest BCUT2D eigenvalue weighted by Gasteiger charge is 2.21. The molecule has 0 spiro atoms. The van der Waals surface area contributed by atoms with Gasteiger partial charge in [0.25, 0.3) is 5.91 Å². The minimum atomic E-state index is -0.119. The van der Waals surface area contributed by atoms with E-state index in [2.05, 4.69) is 11.4 Å². The Kier molecular flexibility index (Phi) is 6.26. The predicted octanol–water partition coefficient (Wildman–Crippen LogP) is 6.16. The van der Waals surface area contributed by atoms with Crippen LogP contribution in [0.1, 0.15) is 37.6 Å². The first-order valence-corrected chi connectivity index (χ1v) is 11.4. The van der Waals surface area contributed by atoms with Gasteiger partial charge in [-0.3, -0.25) is 9.59 Å². The number of carbonyl (C=O) groups excluding carboxylic acids is 2. The van der Waals surface area contributed by atoms with Gasteiger partial charge in [0.1, 0.15) is 5.76 Å². The number of amides is 1. The average Bonchev–Trinajstić information content (AvgIpc) is 3.53. The summed E-state index contributed by atoms with van der Waals surface area (Å²) in [5.41, 5.74) is 1.49. The second-order valence-corrected chi connectivity index (χ2v) is 9.00. The van der Waals surface area contributed by atoms with Crippen LogP contribution in [0.4, 0.5) is 0 Å². The molecule has 152 valence electrons. The second kappa shape index (κ2) is 9.24. The molecule has 0 bridgehead atoms. The van der Waals surface area contributed by atoms with E-state index in [1.807, 2.05) is 40.6 Å². The minimum Gasteiger partial charge on any atom is -0.451 e. The standard InChI is InChI=1S/C24H21NO3S2/c1-17(26)18-6-8-19(9-7-18)22-10-11-23(28-22)24(27)25(16-21-5-3-15-30-21)13-12-20-4-2-14-29-20/h2-11,14-15H,12-13,16H2,1H3. The fourth-order valence-corrected chi connectivity index (χ4v) is 4.59. The molecule has 0 radical (unpaired) electrons. The third-order valence-corrected chi connectivity index (χ3v) is 6.61. The van der Waals surface area contributed by atoms with E-state index >= 15 is 0 Å². The van der Waals surface area contributed by atoms with Crippen LogP contribution in [0, 0.1) is 0 Å². The maximum Gasteiger partial charge on any atom is 0.289 e. The Morgan fingerprint density at radius 2 is 1.60 bits per heavy atom. The van der Waals surface area contributed by atoms with E-state index in [0.29, 0.717) is 30.2 Å². The van der Waals surface area contributed by atoms with Gasteiger partial charge in [-0.2, -0.15) is 0 Å². The Hall–Kier alpha value is -2.96. The number of benzene rings is 1. The molecule has 0 fully saturated rings. The van der Waals surface area contributed by atoms with Crippen molar-refractivity contribution in [2.45, 2.75) is 19.9 Å². The molecular formula is C24H21NO3S2. The van der Waals surface area contributed by atoms with E-state index in [4.69, 9.17) is 4.42 Å². The van der Waals surface area contributed by atoms with Crippen LogP contribution in [0.3, 0.4) is 0 Å². The average molecular weight is 436 g/mol. The largest absolute Gasteiger partial charge is 0.451 e. The van der Waals surface area contributed by atoms with Crippen LogP contribution < -0.4 is 0 Å². The summed E-state index contributed by atoms with van der Waals surface area (Å²) in [5.74, 6) is 0.838. The molecule has 4 nitrogen and oxygen atoms in total. The van der Waals surface area contributed by atoms with E-state index < -0.39 is 0 Å².